The molecule has 2 aromatic rings. The minimum Gasteiger partial charge on any atom is -0.316 e. The van der Waals surface area contributed by atoms with Gasteiger partial charge in [0.05, 0.1) is 12.0 Å². The third-order valence-corrected chi connectivity index (χ3v) is 5.53. The number of hydrogen-bond donors (Lipinski definition) is 1. The first-order valence-corrected chi connectivity index (χ1v) is 8.78. The molecule has 1 aliphatic carbocycles. The van der Waals surface area contributed by atoms with Crippen molar-refractivity contribution >= 4 is 22.2 Å². The molecule has 1 aromatic heterocycles. The second-order valence-electron chi connectivity index (χ2n) is 6.38. The Hall–Kier alpha value is -2.12. The van der Waals surface area contributed by atoms with E-state index in [0.717, 1.165) is 35.4 Å². The van der Waals surface area contributed by atoms with Crippen LogP contribution in [0.5, 0.6) is 0 Å². The number of hydrogen-bond acceptors (Lipinski definition) is 3. The highest BCUT2D eigenvalue weighted by Gasteiger charge is 2.24. The molecule has 1 aromatic carbocycles. The lowest BCUT2D eigenvalue weighted by Gasteiger charge is -2.17. The van der Waals surface area contributed by atoms with Gasteiger partial charge in [-0.05, 0) is 43.2 Å². The Balaban J connectivity index is 1.76. The van der Waals surface area contributed by atoms with Crippen LogP contribution in [0.4, 0.5) is 5.00 Å². The highest BCUT2D eigenvalue weighted by Crippen LogP contribution is 2.39. The van der Waals surface area contributed by atoms with Gasteiger partial charge in [-0.1, -0.05) is 36.8 Å². The number of aryl methyl sites for hydroxylation is 1. The maximum Gasteiger partial charge on any atom is 0.229 e. The first-order chi connectivity index (χ1) is 11.1. The van der Waals surface area contributed by atoms with Crippen LogP contribution in [0.1, 0.15) is 40.5 Å². The quantitative estimate of drug-likeness (QED) is 0.918. The second-order valence-corrected chi connectivity index (χ2v) is 7.48. The molecule has 0 aliphatic heterocycles. The van der Waals surface area contributed by atoms with Gasteiger partial charge in [0.25, 0.3) is 0 Å². The highest BCUT2D eigenvalue weighted by molar-refractivity contribution is 7.16. The summed E-state index contributed by atoms with van der Waals surface area (Å²) in [5, 5.41) is 13.1. The Kier molecular flexibility index (Phi) is 4.49. The Morgan fingerprint density at radius 2 is 2.13 bits per heavy atom. The summed E-state index contributed by atoms with van der Waals surface area (Å²) in [6.45, 7) is 4.27. The molecule has 1 unspecified atom stereocenters. The highest BCUT2D eigenvalue weighted by atomic mass is 32.1. The van der Waals surface area contributed by atoms with Crippen molar-refractivity contribution < 1.29 is 4.79 Å². The molecule has 3 rings (SSSR count). The summed E-state index contributed by atoms with van der Waals surface area (Å²) < 4.78 is 0. The van der Waals surface area contributed by atoms with E-state index in [1.807, 2.05) is 31.2 Å². The van der Waals surface area contributed by atoms with Crippen LogP contribution in [0.25, 0.3) is 0 Å². The molecular formula is C19H20N2OS. The summed E-state index contributed by atoms with van der Waals surface area (Å²) in [5.74, 6) is 0.598. The van der Waals surface area contributed by atoms with Crippen LogP contribution < -0.4 is 5.32 Å². The molecule has 1 aliphatic rings. The van der Waals surface area contributed by atoms with Crippen molar-refractivity contribution in [2.45, 2.75) is 39.5 Å². The van der Waals surface area contributed by atoms with Gasteiger partial charge >= 0.3 is 0 Å². The van der Waals surface area contributed by atoms with E-state index in [-0.39, 0.29) is 5.91 Å². The number of nitrogens with one attached hydrogen (secondary N) is 1. The van der Waals surface area contributed by atoms with Gasteiger partial charge in [-0.15, -0.1) is 11.3 Å². The summed E-state index contributed by atoms with van der Waals surface area (Å²) in [6.07, 6.45) is 3.42. The lowest BCUT2D eigenvalue weighted by Crippen LogP contribution is -2.14. The standard InChI is InChI=1S/C19H20N2OS/c1-12-3-6-14(7-4-12)10-18(22)21-19-16(11-20)15-8-5-13(2)9-17(15)23-19/h3-4,6-7,13H,5,8-10H2,1-2H3,(H,21,22). The van der Waals surface area contributed by atoms with E-state index in [9.17, 15) is 10.1 Å². The lowest BCUT2D eigenvalue weighted by atomic mass is 9.88. The average Bonchev–Trinajstić information content (AvgIpc) is 2.85. The molecule has 0 radical (unpaired) electrons. The number of thiophene rings is 1. The van der Waals surface area contributed by atoms with E-state index in [2.05, 4.69) is 18.3 Å². The maximum absolute atomic E-state index is 12.3. The Morgan fingerprint density at radius 3 is 2.83 bits per heavy atom. The molecule has 0 bridgehead atoms. The molecule has 4 heteroatoms. The Bertz CT molecular complexity index is 768. The first-order valence-electron chi connectivity index (χ1n) is 7.97. The van der Waals surface area contributed by atoms with Gasteiger partial charge in [-0.25, -0.2) is 0 Å². The molecule has 0 saturated heterocycles. The fraction of sp³-hybridized carbons (Fsp3) is 0.368. The molecule has 1 amide bonds. The van der Waals surface area contributed by atoms with E-state index in [4.69, 9.17) is 0 Å². The SMILES string of the molecule is Cc1ccc(CC(=O)Nc2sc3c(c2C#N)CCC(C)C3)cc1. The van der Waals surface area contributed by atoms with Crippen molar-refractivity contribution in [2.24, 2.45) is 5.92 Å². The van der Waals surface area contributed by atoms with Gasteiger partial charge in [-0.3, -0.25) is 4.79 Å². The van der Waals surface area contributed by atoms with Gasteiger partial charge in [0.1, 0.15) is 11.1 Å². The zero-order valence-corrected chi connectivity index (χ0v) is 14.3. The fourth-order valence-corrected chi connectivity index (χ4v) is 4.40. The summed E-state index contributed by atoms with van der Waals surface area (Å²) in [6, 6.07) is 10.3. The number of benzene rings is 1. The van der Waals surface area contributed by atoms with Gasteiger partial charge in [0.2, 0.25) is 5.91 Å². The summed E-state index contributed by atoms with van der Waals surface area (Å²) >= 11 is 1.58. The molecule has 1 heterocycles. The monoisotopic (exact) mass is 324 g/mol. The van der Waals surface area contributed by atoms with E-state index in [0.29, 0.717) is 17.9 Å². The molecule has 1 atom stereocenters. The number of carbonyl (C=O) groups excluding carboxylic acids is 1. The molecule has 0 fully saturated rings. The normalized spacial score (nSPS) is 16.5. The minimum atomic E-state index is -0.0583. The number of amides is 1. The topological polar surface area (TPSA) is 52.9 Å². The van der Waals surface area contributed by atoms with E-state index >= 15 is 0 Å². The number of carbonyl (C=O) groups is 1. The maximum atomic E-state index is 12.3. The fourth-order valence-electron chi connectivity index (χ4n) is 3.02. The van der Waals surface area contributed by atoms with Crippen molar-refractivity contribution in [1.29, 1.82) is 5.26 Å². The number of anilines is 1. The largest absolute Gasteiger partial charge is 0.316 e. The minimum absolute atomic E-state index is 0.0583. The smallest absolute Gasteiger partial charge is 0.229 e. The predicted molar refractivity (Wildman–Crippen MR) is 93.7 cm³/mol. The number of nitriles is 1. The van der Waals surface area contributed by atoms with Crippen LogP contribution in [-0.4, -0.2) is 5.91 Å². The van der Waals surface area contributed by atoms with Gasteiger partial charge in [0.15, 0.2) is 0 Å². The predicted octanol–water partition coefficient (Wildman–Crippen LogP) is 4.23. The van der Waals surface area contributed by atoms with E-state index in [1.165, 1.54) is 10.4 Å². The van der Waals surface area contributed by atoms with Crippen LogP contribution in [0.2, 0.25) is 0 Å². The van der Waals surface area contributed by atoms with Crippen LogP contribution in [-0.2, 0) is 24.1 Å². The van der Waals surface area contributed by atoms with Crippen LogP contribution in [0.3, 0.4) is 0 Å². The lowest BCUT2D eigenvalue weighted by molar-refractivity contribution is -0.115. The van der Waals surface area contributed by atoms with Crippen molar-refractivity contribution in [2.75, 3.05) is 5.32 Å². The Morgan fingerprint density at radius 1 is 1.39 bits per heavy atom. The van der Waals surface area contributed by atoms with Crippen LogP contribution in [0, 0.1) is 24.2 Å². The van der Waals surface area contributed by atoms with Crippen molar-refractivity contribution in [3.8, 4) is 6.07 Å². The molecular weight excluding hydrogens is 304 g/mol. The summed E-state index contributed by atoms with van der Waals surface area (Å²) in [4.78, 5) is 13.6. The Labute approximate surface area is 141 Å². The zero-order valence-electron chi connectivity index (χ0n) is 13.5. The number of rotatable bonds is 3. The number of fused-ring (bicyclic) bond motifs is 1. The van der Waals surface area contributed by atoms with E-state index < -0.39 is 0 Å². The van der Waals surface area contributed by atoms with Gasteiger partial charge < -0.3 is 5.32 Å². The van der Waals surface area contributed by atoms with Crippen LogP contribution >= 0.6 is 11.3 Å². The van der Waals surface area contributed by atoms with Gasteiger partial charge in [0, 0.05) is 4.88 Å². The summed E-state index contributed by atoms with van der Waals surface area (Å²) in [5.41, 5.74) is 4.00. The molecule has 0 spiro atoms. The van der Waals surface area contributed by atoms with Crippen molar-refractivity contribution in [1.82, 2.24) is 0 Å². The van der Waals surface area contributed by atoms with E-state index in [1.54, 1.807) is 11.3 Å². The van der Waals surface area contributed by atoms with Crippen molar-refractivity contribution in [3.05, 3.63) is 51.4 Å². The third-order valence-electron chi connectivity index (χ3n) is 4.36. The molecule has 23 heavy (non-hydrogen) atoms. The molecule has 0 saturated carbocycles. The van der Waals surface area contributed by atoms with Crippen molar-refractivity contribution in [3.63, 3.8) is 0 Å². The summed E-state index contributed by atoms with van der Waals surface area (Å²) in [7, 11) is 0. The zero-order chi connectivity index (χ0) is 16.4. The first kappa shape index (κ1) is 15.8. The average molecular weight is 324 g/mol. The third kappa shape index (κ3) is 3.46. The molecule has 1 N–H and O–H groups in total. The molecule has 118 valence electrons. The second kappa shape index (κ2) is 6.55. The number of nitrogens with zero attached hydrogens (tertiary/aromatic N) is 1. The van der Waals surface area contributed by atoms with Gasteiger partial charge in [-0.2, -0.15) is 5.26 Å². The van der Waals surface area contributed by atoms with Crippen LogP contribution in [0.15, 0.2) is 24.3 Å². The molecule has 3 nitrogen and oxygen atoms in total.